The molecule has 1 amide bonds. The van der Waals surface area contributed by atoms with Crippen LogP contribution in [0.2, 0.25) is 0 Å². The third kappa shape index (κ3) is 4.03. The van der Waals surface area contributed by atoms with Gasteiger partial charge in [-0.3, -0.25) is 4.79 Å². The van der Waals surface area contributed by atoms with Crippen LogP contribution in [0, 0.1) is 6.92 Å². The Labute approximate surface area is 128 Å². The Morgan fingerprint density at radius 3 is 2.95 bits per heavy atom. The third-order valence-corrected chi connectivity index (χ3v) is 3.74. The number of thiazole rings is 1. The van der Waals surface area contributed by atoms with Crippen LogP contribution in [0.25, 0.3) is 11.3 Å². The minimum Gasteiger partial charge on any atom is -0.496 e. The van der Waals surface area contributed by atoms with Gasteiger partial charge in [-0.2, -0.15) is 0 Å². The molecule has 0 aliphatic heterocycles. The molecule has 0 saturated carbocycles. The summed E-state index contributed by atoms with van der Waals surface area (Å²) in [7, 11) is 3.46. The molecule has 2 N–H and O–H groups in total. The zero-order valence-corrected chi connectivity index (χ0v) is 13.2. The number of nitrogens with one attached hydrogen (secondary N) is 2. The summed E-state index contributed by atoms with van der Waals surface area (Å²) in [5.41, 5.74) is 2.88. The number of aryl methyl sites for hydroxylation is 1. The summed E-state index contributed by atoms with van der Waals surface area (Å²) >= 11 is 1.41. The quantitative estimate of drug-likeness (QED) is 0.861. The Bertz CT molecular complexity index is 625. The van der Waals surface area contributed by atoms with Crippen LogP contribution in [0.3, 0.4) is 0 Å². The minimum atomic E-state index is -0.0403. The van der Waals surface area contributed by atoms with Gasteiger partial charge >= 0.3 is 0 Å². The Balaban J connectivity index is 2.16. The van der Waals surface area contributed by atoms with E-state index in [1.54, 1.807) is 7.11 Å². The average Bonchev–Trinajstić information content (AvgIpc) is 2.93. The van der Waals surface area contributed by atoms with Gasteiger partial charge in [0.1, 0.15) is 5.75 Å². The highest BCUT2D eigenvalue weighted by atomic mass is 32.1. The summed E-state index contributed by atoms with van der Waals surface area (Å²) < 4.78 is 5.37. The number of hydrogen-bond donors (Lipinski definition) is 2. The van der Waals surface area contributed by atoms with Crippen LogP contribution in [-0.4, -0.2) is 31.6 Å². The smallest absolute Gasteiger partial charge is 0.227 e. The van der Waals surface area contributed by atoms with Crippen molar-refractivity contribution in [3.63, 3.8) is 0 Å². The van der Waals surface area contributed by atoms with E-state index in [2.05, 4.69) is 15.6 Å². The lowest BCUT2D eigenvalue weighted by molar-refractivity contribution is -0.116. The number of hydrogen-bond acceptors (Lipinski definition) is 5. The molecule has 0 radical (unpaired) electrons. The van der Waals surface area contributed by atoms with Gasteiger partial charge in [-0.15, -0.1) is 11.3 Å². The molecule has 0 aliphatic rings. The second kappa shape index (κ2) is 7.19. The SMILES string of the molecule is CNCCC(=O)Nc1nc(-c2cc(C)ccc2OC)cs1. The third-order valence-electron chi connectivity index (χ3n) is 2.98. The van der Waals surface area contributed by atoms with Crippen molar-refractivity contribution in [3.8, 4) is 17.0 Å². The van der Waals surface area contributed by atoms with E-state index in [0.717, 1.165) is 22.6 Å². The summed E-state index contributed by atoms with van der Waals surface area (Å²) in [5.74, 6) is 0.736. The second-order valence-electron chi connectivity index (χ2n) is 4.64. The van der Waals surface area contributed by atoms with E-state index in [4.69, 9.17) is 4.74 Å². The molecule has 0 saturated heterocycles. The first-order valence-electron chi connectivity index (χ1n) is 6.69. The maximum Gasteiger partial charge on any atom is 0.227 e. The van der Waals surface area contributed by atoms with Gasteiger partial charge in [0.2, 0.25) is 5.91 Å². The van der Waals surface area contributed by atoms with Crippen LogP contribution >= 0.6 is 11.3 Å². The number of carbonyl (C=O) groups is 1. The predicted octanol–water partition coefficient (Wildman–Crippen LogP) is 2.68. The number of aromatic nitrogens is 1. The molecule has 112 valence electrons. The number of carbonyl (C=O) groups excluding carboxylic acids is 1. The standard InChI is InChI=1S/C15H19N3O2S/c1-10-4-5-13(20-3)11(8-10)12-9-21-15(17-12)18-14(19)6-7-16-2/h4-5,8-9,16H,6-7H2,1-3H3,(H,17,18,19). The summed E-state index contributed by atoms with van der Waals surface area (Å²) in [6, 6.07) is 5.95. The van der Waals surface area contributed by atoms with Crippen molar-refractivity contribution in [1.29, 1.82) is 0 Å². The summed E-state index contributed by atoms with van der Waals surface area (Å²) in [6.07, 6.45) is 0.430. The molecule has 0 spiro atoms. The van der Waals surface area contributed by atoms with Gasteiger partial charge in [-0.25, -0.2) is 4.98 Å². The molecule has 2 rings (SSSR count). The van der Waals surface area contributed by atoms with Crippen LogP contribution in [0.4, 0.5) is 5.13 Å². The van der Waals surface area contributed by atoms with E-state index in [1.807, 2.05) is 37.6 Å². The van der Waals surface area contributed by atoms with Crippen molar-refractivity contribution in [1.82, 2.24) is 10.3 Å². The van der Waals surface area contributed by atoms with Crippen LogP contribution < -0.4 is 15.4 Å². The average molecular weight is 305 g/mol. The van der Waals surface area contributed by atoms with E-state index in [0.29, 0.717) is 18.1 Å². The highest BCUT2D eigenvalue weighted by Crippen LogP contribution is 2.32. The topological polar surface area (TPSA) is 63.2 Å². The molecular formula is C15H19N3O2S. The monoisotopic (exact) mass is 305 g/mol. The van der Waals surface area contributed by atoms with E-state index < -0.39 is 0 Å². The Kier molecular flexibility index (Phi) is 5.30. The summed E-state index contributed by atoms with van der Waals surface area (Å²) in [5, 5.41) is 8.28. The number of methoxy groups -OCH3 is 1. The maximum atomic E-state index is 11.7. The lowest BCUT2D eigenvalue weighted by Gasteiger charge is -2.07. The Morgan fingerprint density at radius 1 is 1.43 bits per heavy atom. The van der Waals surface area contributed by atoms with E-state index in [9.17, 15) is 4.79 Å². The van der Waals surface area contributed by atoms with Crippen molar-refractivity contribution in [3.05, 3.63) is 29.1 Å². The number of rotatable bonds is 6. The number of benzene rings is 1. The molecule has 1 aromatic heterocycles. The minimum absolute atomic E-state index is 0.0403. The fraction of sp³-hybridized carbons (Fsp3) is 0.333. The first-order chi connectivity index (χ1) is 10.1. The van der Waals surface area contributed by atoms with E-state index in [1.165, 1.54) is 11.3 Å². The van der Waals surface area contributed by atoms with E-state index >= 15 is 0 Å². The van der Waals surface area contributed by atoms with Crippen LogP contribution in [-0.2, 0) is 4.79 Å². The zero-order valence-electron chi connectivity index (χ0n) is 12.4. The molecule has 0 unspecified atom stereocenters. The van der Waals surface area contributed by atoms with Crippen molar-refractivity contribution >= 4 is 22.4 Å². The Morgan fingerprint density at radius 2 is 2.24 bits per heavy atom. The van der Waals surface area contributed by atoms with Gasteiger partial charge in [0.25, 0.3) is 0 Å². The highest BCUT2D eigenvalue weighted by Gasteiger charge is 2.11. The fourth-order valence-electron chi connectivity index (χ4n) is 1.90. The molecule has 0 atom stereocenters. The fourth-order valence-corrected chi connectivity index (χ4v) is 2.62. The van der Waals surface area contributed by atoms with Crippen LogP contribution in [0.15, 0.2) is 23.6 Å². The van der Waals surface area contributed by atoms with Gasteiger partial charge in [0.15, 0.2) is 5.13 Å². The zero-order chi connectivity index (χ0) is 15.2. The molecule has 2 aromatic rings. The number of ether oxygens (including phenoxy) is 1. The maximum absolute atomic E-state index is 11.7. The Hall–Kier alpha value is -1.92. The molecule has 1 aromatic carbocycles. The van der Waals surface area contributed by atoms with Gasteiger partial charge in [-0.05, 0) is 26.1 Å². The molecule has 6 heteroatoms. The molecule has 0 bridgehead atoms. The van der Waals surface area contributed by atoms with Crippen LogP contribution in [0.1, 0.15) is 12.0 Å². The first-order valence-corrected chi connectivity index (χ1v) is 7.57. The molecule has 21 heavy (non-hydrogen) atoms. The van der Waals surface area contributed by atoms with Crippen molar-refractivity contribution in [2.75, 3.05) is 26.0 Å². The van der Waals surface area contributed by atoms with Gasteiger partial charge in [-0.1, -0.05) is 11.6 Å². The summed E-state index contributed by atoms with van der Waals surface area (Å²) in [4.78, 5) is 16.1. The normalized spacial score (nSPS) is 10.4. The van der Waals surface area contributed by atoms with E-state index in [-0.39, 0.29) is 5.91 Å². The summed E-state index contributed by atoms with van der Waals surface area (Å²) in [6.45, 7) is 2.67. The largest absolute Gasteiger partial charge is 0.496 e. The van der Waals surface area contributed by atoms with Crippen molar-refractivity contribution in [2.45, 2.75) is 13.3 Å². The van der Waals surface area contributed by atoms with Crippen molar-refractivity contribution < 1.29 is 9.53 Å². The van der Waals surface area contributed by atoms with Crippen LogP contribution in [0.5, 0.6) is 5.75 Å². The highest BCUT2D eigenvalue weighted by molar-refractivity contribution is 7.14. The molecular weight excluding hydrogens is 286 g/mol. The number of nitrogens with zero attached hydrogens (tertiary/aromatic N) is 1. The van der Waals surface area contributed by atoms with Crippen molar-refractivity contribution in [2.24, 2.45) is 0 Å². The lowest BCUT2D eigenvalue weighted by atomic mass is 10.1. The molecule has 0 fully saturated rings. The second-order valence-corrected chi connectivity index (χ2v) is 5.50. The number of amides is 1. The predicted molar refractivity (Wildman–Crippen MR) is 86.0 cm³/mol. The van der Waals surface area contributed by atoms with Gasteiger partial charge in [0, 0.05) is 23.9 Å². The molecule has 5 nitrogen and oxygen atoms in total. The van der Waals surface area contributed by atoms with Gasteiger partial charge < -0.3 is 15.4 Å². The first kappa shape index (κ1) is 15.5. The lowest BCUT2D eigenvalue weighted by Crippen LogP contribution is -2.18. The molecule has 1 heterocycles. The molecule has 0 aliphatic carbocycles. The number of anilines is 1. The van der Waals surface area contributed by atoms with Gasteiger partial charge in [0.05, 0.1) is 12.8 Å².